The standard InChI is InChI=1S/C31H36N4O5/c1-19-16-35(20(2)18-36)30(38)24-11-7-13-26(32-29(37)22-14-15-22)28(24)40-27(19)17-34(3)31(39)33-25-12-6-9-21-8-4-5-10-23(21)25/h4-13,19-20,22,27,36H,14-18H2,1-3H3,(H,32,37)(H,33,39)/t19-,20+,27-/m0/s1. The summed E-state index contributed by atoms with van der Waals surface area (Å²) in [7, 11) is 1.70. The number of amides is 4. The van der Waals surface area contributed by atoms with Crippen LogP contribution in [-0.2, 0) is 4.79 Å². The molecule has 2 aliphatic rings. The molecule has 1 aliphatic heterocycles. The maximum absolute atomic E-state index is 13.6. The third-order valence-electron chi connectivity index (χ3n) is 7.73. The average Bonchev–Trinajstić information content (AvgIpc) is 3.81. The van der Waals surface area contributed by atoms with Crippen LogP contribution in [0.2, 0.25) is 0 Å². The number of benzene rings is 3. The second kappa shape index (κ2) is 11.6. The molecule has 1 fully saturated rings. The van der Waals surface area contributed by atoms with Crippen molar-refractivity contribution in [2.45, 2.75) is 38.8 Å². The van der Waals surface area contributed by atoms with E-state index < -0.39 is 12.1 Å². The van der Waals surface area contributed by atoms with Gasteiger partial charge in [0.1, 0.15) is 6.10 Å². The number of aliphatic hydroxyl groups is 1. The molecule has 9 heteroatoms. The summed E-state index contributed by atoms with van der Waals surface area (Å²) < 4.78 is 6.51. The van der Waals surface area contributed by atoms with Crippen LogP contribution in [0, 0.1) is 11.8 Å². The average molecular weight is 545 g/mol. The van der Waals surface area contributed by atoms with E-state index in [1.807, 2.05) is 49.4 Å². The Hall–Kier alpha value is -4.11. The van der Waals surface area contributed by atoms with Crippen molar-refractivity contribution in [2.75, 3.05) is 37.4 Å². The summed E-state index contributed by atoms with van der Waals surface area (Å²) in [6, 6.07) is 18.0. The SMILES string of the molecule is C[C@H](CO)N1C[C@H](C)[C@H](CN(C)C(=O)Nc2cccc3ccccc23)Oc2c(NC(=O)C3CC3)cccc2C1=O. The summed E-state index contributed by atoms with van der Waals surface area (Å²) in [5, 5.41) is 17.8. The minimum Gasteiger partial charge on any atom is -0.485 e. The maximum atomic E-state index is 13.6. The number of aliphatic hydroxyl groups excluding tert-OH is 1. The van der Waals surface area contributed by atoms with Gasteiger partial charge in [-0.2, -0.15) is 0 Å². The maximum Gasteiger partial charge on any atom is 0.321 e. The second-order valence-electron chi connectivity index (χ2n) is 10.9. The molecule has 0 unspecified atom stereocenters. The van der Waals surface area contributed by atoms with Crippen LogP contribution in [0.5, 0.6) is 5.75 Å². The Labute approximate surface area is 234 Å². The van der Waals surface area contributed by atoms with Crippen LogP contribution in [-0.4, -0.2) is 71.6 Å². The zero-order chi connectivity index (χ0) is 28.4. The molecule has 1 saturated carbocycles. The number of para-hydroxylation sites is 1. The van der Waals surface area contributed by atoms with Gasteiger partial charge in [-0.05, 0) is 43.4 Å². The highest BCUT2D eigenvalue weighted by Crippen LogP contribution is 2.37. The first kappa shape index (κ1) is 27.5. The molecule has 0 aromatic heterocycles. The number of fused-ring (bicyclic) bond motifs is 2. The van der Waals surface area contributed by atoms with E-state index in [-0.39, 0.29) is 48.6 Å². The van der Waals surface area contributed by atoms with Gasteiger partial charge in [0.25, 0.3) is 5.91 Å². The van der Waals surface area contributed by atoms with Crippen molar-refractivity contribution in [3.63, 3.8) is 0 Å². The number of nitrogens with one attached hydrogen (secondary N) is 2. The Morgan fingerprint density at radius 3 is 2.50 bits per heavy atom. The lowest BCUT2D eigenvalue weighted by Crippen LogP contribution is -2.50. The van der Waals surface area contributed by atoms with Gasteiger partial charge in [0.15, 0.2) is 5.75 Å². The molecule has 4 amide bonds. The smallest absolute Gasteiger partial charge is 0.321 e. The summed E-state index contributed by atoms with van der Waals surface area (Å²) >= 11 is 0. The monoisotopic (exact) mass is 544 g/mol. The Bertz CT molecular complexity index is 1420. The lowest BCUT2D eigenvalue weighted by molar-refractivity contribution is -0.117. The third-order valence-corrected chi connectivity index (χ3v) is 7.73. The van der Waals surface area contributed by atoms with Gasteiger partial charge in [-0.25, -0.2) is 4.79 Å². The van der Waals surface area contributed by atoms with Crippen LogP contribution in [0.25, 0.3) is 10.8 Å². The van der Waals surface area contributed by atoms with Crippen molar-refractivity contribution in [1.82, 2.24) is 9.80 Å². The first-order valence-electron chi connectivity index (χ1n) is 13.8. The van der Waals surface area contributed by atoms with Gasteiger partial charge < -0.3 is 30.3 Å². The summed E-state index contributed by atoms with van der Waals surface area (Å²) in [6.07, 6.45) is 1.19. The number of carbonyl (C=O) groups is 3. The normalized spacial score (nSPS) is 19.6. The van der Waals surface area contributed by atoms with Crippen molar-refractivity contribution < 1.29 is 24.2 Å². The minimum absolute atomic E-state index is 0.0235. The van der Waals surface area contributed by atoms with E-state index in [4.69, 9.17) is 4.74 Å². The fraction of sp³-hybridized carbons (Fsp3) is 0.387. The van der Waals surface area contributed by atoms with E-state index in [0.29, 0.717) is 23.5 Å². The number of rotatable bonds is 7. The van der Waals surface area contributed by atoms with Gasteiger partial charge in [0, 0.05) is 30.8 Å². The molecule has 210 valence electrons. The van der Waals surface area contributed by atoms with E-state index in [2.05, 4.69) is 10.6 Å². The van der Waals surface area contributed by atoms with Gasteiger partial charge >= 0.3 is 6.03 Å². The Morgan fingerprint density at radius 1 is 1.05 bits per heavy atom. The van der Waals surface area contributed by atoms with E-state index in [1.54, 1.807) is 42.0 Å². The molecule has 0 radical (unpaired) electrons. The van der Waals surface area contributed by atoms with Crippen LogP contribution in [0.4, 0.5) is 16.2 Å². The zero-order valence-electron chi connectivity index (χ0n) is 23.1. The molecule has 3 N–H and O–H groups in total. The molecule has 5 rings (SSSR count). The highest BCUT2D eigenvalue weighted by Gasteiger charge is 2.36. The predicted molar refractivity (Wildman–Crippen MR) is 155 cm³/mol. The summed E-state index contributed by atoms with van der Waals surface area (Å²) in [5.74, 6) is -0.290. The van der Waals surface area contributed by atoms with Gasteiger partial charge in [-0.15, -0.1) is 0 Å². The van der Waals surface area contributed by atoms with Gasteiger partial charge in [-0.1, -0.05) is 49.4 Å². The number of hydrogen-bond donors (Lipinski definition) is 3. The number of likely N-dealkylation sites (N-methyl/N-ethyl adjacent to an activating group) is 1. The highest BCUT2D eigenvalue weighted by atomic mass is 16.5. The van der Waals surface area contributed by atoms with Crippen molar-refractivity contribution >= 4 is 40.0 Å². The van der Waals surface area contributed by atoms with Crippen molar-refractivity contribution in [2.24, 2.45) is 11.8 Å². The van der Waals surface area contributed by atoms with Crippen molar-refractivity contribution in [3.05, 3.63) is 66.2 Å². The van der Waals surface area contributed by atoms with E-state index in [9.17, 15) is 19.5 Å². The first-order chi connectivity index (χ1) is 19.3. The van der Waals surface area contributed by atoms with Crippen LogP contribution >= 0.6 is 0 Å². The van der Waals surface area contributed by atoms with E-state index in [0.717, 1.165) is 23.6 Å². The minimum atomic E-state index is -0.498. The fourth-order valence-corrected chi connectivity index (χ4v) is 5.04. The molecule has 0 spiro atoms. The highest BCUT2D eigenvalue weighted by molar-refractivity contribution is 6.03. The van der Waals surface area contributed by atoms with Gasteiger partial charge in [0.05, 0.1) is 36.1 Å². The molecule has 3 aromatic rings. The van der Waals surface area contributed by atoms with Crippen LogP contribution in [0.3, 0.4) is 0 Å². The van der Waals surface area contributed by atoms with Crippen LogP contribution in [0.1, 0.15) is 37.0 Å². The predicted octanol–water partition coefficient (Wildman–Crippen LogP) is 4.57. The molecule has 0 bridgehead atoms. The molecular formula is C31H36N4O5. The molecule has 1 heterocycles. The van der Waals surface area contributed by atoms with E-state index >= 15 is 0 Å². The number of carbonyl (C=O) groups excluding carboxylic acids is 3. The van der Waals surface area contributed by atoms with E-state index in [1.165, 1.54) is 0 Å². The summed E-state index contributed by atoms with van der Waals surface area (Å²) in [5.41, 5.74) is 1.46. The quantitative estimate of drug-likeness (QED) is 0.404. The fourth-order valence-electron chi connectivity index (χ4n) is 5.04. The molecule has 1 aliphatic carbocycles. The molecule has 9 nitrogen and oxygen atoms in total. The van der Waals surface area contributed by atoms with Crippen LogP contribution in [0.15, 0.2) is 60.7 Å². The Balaban J connectivity index is 1.42. The van der Waals surface area contributed by atoms with Crippen molar-refractivity contribution in [3.8, 4) is 5.75 Å². The first-order valence-corrected chi connectivity index (χ1v) is 13.8. The molecule has 40 heavy (non-hydrogen) atoms. The Kier molecular flexibility index (Phi) is 7.93. The largest absolute Gasteiger partial charge is 0.485 e. The number of anilines is 2. The van der Waals surface area contributed by atoms with Crippen molar-refractivity contribution in [1.29, 1.82) is 0 Å². The lowest BCUT2D eigenvalue weighted by atomic mass is 9.99. The zero-order valence-corrected chi connectivity index (χ0v) is 23.1. The third kappa shape index (κ3) is 5.74. The number of hydrogen-bond acceptors (Lipinski definition) is 5. The van der Waals surface area contributed by atoms with Gasteiger partial charge in [-0.3, -0.25) is 9.59 Å². The topological polar surface area (TPSA) is 111 Å². The molecular weight excluding hydrogens is 508 g/mol. The lowest BCUT2D eigenvalue weighted by Gasteiger charge is -2.38. The summed E-state index contributed by atoms with van der Waals surface area (Å²) in [4.78, 5) is 42.8. The second-order valence-corrected chi connectivity index (χ2v) is 10.9. The summed E-state index contributed by atoms with van der Waals surface area (Å²) in [6.45, 7) is 4.14. The number of nitrogens with zero attached hydrogens (tertiary/aromatic N) is 2. The van der Waals surface area contributed by atoms with Gasteiger partial charge in [0.2, 0.25) is 5.91 Å². The molecule has 0 saturated heterocycles. The Morgan fingerprint density at radius 2 is 1.75 bits per heavy atom. The van der Waals surface area contributed by atoms with Crippen LogP contribution < -0.4 is 15.4 Å². The number of urea groups is 1. The molecule has 3 aromatic carbocycles. The number of ether oxygens (including phenoxy) is 1. The molecule has 3 atom stereocenters.